The Bertz CT molecular complexity index is 994. The molecule has 0 atom stereocenters. The van der Waals surface area contributed by atoms with Crippen LogP contribution < -0.4 is 0 Å². The fourth-order valence-corrected chi connectivity index (χ4v) is 3.32. The van der Waals surface area contributed by atoms with E-state index in [1.54, 1.807) is 11.0 Å². The molecule has 0 spiro atoms. The maximum Gasteiger partial charge on any atom is 0.276 e. The van der Waals surface area contributed by atoms with Crippen molar-refractivity contribution in [1.29, 1.82) is 0 Å². The van der Waals surface area contributed by atoms with Gasteiger partial charge in [0.1, 0.15) is 5.82 Å². The molecule has 1 aliphatic heterocycles. The van der Waals surface area contributed by atoms with Crippen molar-refractivity contribution in [3.63, 3.8) is 0 Å². The third kappa shape index (κ3) is 4.41. The highest BCUT2D eigenvalue weighted by molar-refractivity contribution is 5.97. The SMILES string of the molecule is O=C(CN1CCN(C(=O)c2cc(-c3ccccc3)on2)CC1)c1ccc(F)cc1. The first-order chi connectivity index (χ1) is 14.1. The summed E-state index contributed by atoms with van der Waals surface area (Å²) in [5.41, 5.74) is 1.63. The number of hydrogen-bond acceptors (Lipinski definition) is 5. The highest BCUT2D eigenvalue weighted by atomic mass is 19.1. The lowest BCUT2D eigenvalue weighted by Crippen LogP contribution is -2.50. The molecule has 0 aliphatic carbocycles. The van der Waals surface area contributed by atoms with Crippen LogP contribution >= 0.6 is 0 Å². The Hall–Kier alpha value is -3.32. The van der Waals surface area contributed by atoms with E-state index in [9.17, 15) is 14.0 Å². The molecule has 0 saturated carbocycles. The zero-order valence-corrected chi connectivity index (χ0v) is 15.8. The van der Waals surface area contributed by atoms with Gasteiger partial charge in [0.25, 0.3) is 5.91 Å². The molecule has 0 radical (unpaired) electrons. The van der Waals surface area contributed by atoms with Crippen molar-refractivity contribution in [3.05, 3.63) is 77.7 Å². The molecule has 148 valence electrons. The third-order valence-corrected chi connectivity index (χ3v) is 4.98. The second-order valence-electron chi connectivity index (χ2n) is 6.94. The first-order valence-corrected chi connectivity index (χ1v) is 9.43. The number of hydrogen-bond donors (Lipinski definition) is 0. The smallest absolute Gasteiger partial charge is 0.276 e. The van der Waals surface area contributed by atoms with Gasteiger partial charge >= 0.3 is 0 Å². The summed E-state index contributed by atoms with van der Waals surface area (Å²) in [6.45, 7) is 2.42. The molecule has 1 aliphatic rings. The van der Waals surface area contributed by atoms with E-state index in [0.29, 0.717) is 37.5 Å². The number of nitrogens with zero attached hydrogens (tertiary/aromatic N) is 3. The Morgan fingerprint density at radius 1 is 0.966 bits per heavy atom. The standard InChI is InChI=1S/C22H20FN3O3/c23-18-8-6-16(7-9-18)20(27)15-25-10-12-26(13-11-25)22(28)19-14-21(29-24-19)17-4-2-1-3-5-17/h1-9,14H,10-13,15H2. The molecule has 6 nitrogen and oxygen atoms in total. The molecule has 4 rings (SSSR count). The number of amides is 1. The molecule has 29 heavy (non-hydrogen) atoms. The molecule has 1 amide bonds. The number of ketones is 1. The highest BCUT2D eigenvalue weighted by Crippen LogP contribution is 2.20. The average molecular weight is 393 g/mol. The number of halogens is 1. The van der Waals surface area contributed by atoms with Crippen molar-refractivity contribution in [2.45, 2.75) is 0 Å². The van der Waals surface area contributed by atoms with Gasteiger partial charge in [0.05, 0.1) is 6.54 Å². The molecule has 2 heterocycles. The zero-order chi connectivity index (χ0) is 20.2. The van der Waals surface area contributed by atoms with Crippen molar-refractivity contribution in [2.24, 2.45) is 0 Å². The largest absolute Gasteiger partial charge is 0.355 e. The monoisotopic (exact) mass is 393 g/mol. The Labute approximate surface area is 167 Å². The minimum Gasteiger partial charge on any atom is -0.355 e. The number of carbonyl (C=O) groups is 2. The van der Waals surface area contributed by atoms with Crippen molar-refractivity contribution in [2.75, 3.05) is 32.7 Å². The lowest BCUT2D eigenvalue weighted by atomic mass is 10.1. The summed E-state index contributed by atoms with van der Waals surface area (Å²) in [4.78, 5) is 28.7. The first-order valence-electron chi connectivity index (χ1n) is 9.43. The van der Waals surface area contributed by atoms with E-state index >= 15 is 0 Å². The summed E-state index contributed by atoms with van der Waals surface area (Å²) in [5, 5.41) is 3.92. The van der Waals surface area contributed by atoms with E-state index in [1.807, 2.05) is 35.2 Å². The number of rotatable bonds is 5. The number of piperazine rings is 1. The average Bonchev–Trinajstić information content (AvgIpc) is 3.25. The van der Waals surface area contributed by atoms with Gasteiger partial charge in [0.15, 0.2) is 17.2 Å². The first kappa shape index (κ1) is 19.0. The van der Waals surface area contributed by atoms with Crippen LogP contribution in [0.1, 0.15) is 20.8 Å². The molecule has 0 unspecified atom stereocenters. The summed E-state index contributed by atoms with van der Waals surface area (Å²) in [6, 6.07) is 16.7. The van der Waals surface area contributed by atoms with Gasteiger partial charge in [-0.15, -0.1) is 0 Å². The minimum absolute atomic E-state index is 0.0613. The number of benzene rings is 2. The maximum atomic E-state index is 13.0. The topological polar surface area (TPSA) is 66.7 Å². The van der Waals surface area contributed by atoms with E-state index in [4.69, 9.17) is 4.52 Å². The van der Waals surface area contributed by atoms with Crippen LogP contribution in [0.25, 0.3) is 11.3 Å². The van der Waals surface area contributed by atoms with Crippen LogP contribution in [0.15, 0.2) is 65.2 Å². The second kappa shape index (κ2) is 8.36. The molecule has 0 bridgehead atoms. The van der Waals surface area contributed by atoms with Gasteiger partial charge in [-0.05, 0) is 24.3 Å². The summed E-state index contributed by atoms with van der Waals surface area (Å²) >= 11 is 0. The van der Waals surface area contributed by atoms with Crippen LogP contribution in [0.5, 0.6) is 0 Å². The van der Waals surface area contributed by atoms with Gasteiger partial charge in [-0.1, -0.05) is 35.5 Å². The van der Waals surface area contributed by atoms with E-state index in [0.717, 1.165) is 5.56 Å². The van der Waals surface area contributed by atoms with Crippen LogP contribution in [-0.4, -0.2) is 59.4 Å². The number of aromatic nitrogens is 1. The maximum absolute atomic E-state index is 13.0. The van der Waals surface area contributed by atoms with Crippen LogP contribution in [0.4, 0.5) is 4.39 Å². The molecular formula is C22H20FN3O3. The number of carbonyl (C=O) groups excluding carboxylic acids is 2. The summed E-state index contributed by atoms with van der Waals surface area (Å²) in [6.07, 6.45) is 0. The molecule has 3 aromatic rings. The highest BCUT2D eigenvalue weighted by Gasteiger charge is 2.25. The Morgan fingerprint density at radius 2 is 1.66 bits per heavy atom. The summed E-state index contributed by atoms with van der Waals surface area (Å²) in [7, 11) is 0. The van der Waals surface area contributed by atoms with E-state index in [-0.39, 0.29) is 29.7 Å². The van der Waals surface area contributed by atoms with E-state index in [2.05, 4.69) is 5.16 Å². The molecule has 1 saturated heterocycles. The van der Waals surface area contributed by atoms with Gasteiger partial charge in [-0.2, -0.15) is 0 Å². The van der Waals surface area contributed by atoms with Gasteiger partial charge in [0.2, 0.25) is 0 Å². The van der Waals surface area contributed by atoms with Crippen molar-refractivity contribution in [1.82, 2.24) is 15.0 Å². The molecule has 2 aromatic carbocycles. The molecule has 1 aromatic heterocycles. The van der Waals surface area contributed by atoms with Gasteiger partial charge in [0, 0.05) is 43.4 Å². The fraction of sp³-hybridized carbons (Fsp3) is 0.227. The number of Topliss-reactive ketones (excluding diaryl/α,β-unsaturated/α-hetero) is 1. The zero-order valence-electron chi connectivity index (χ0n) is 15.8. The molecular weight excluding hydrogens is 373 g/mol. The summed E-state index contributed by atoms with van der Waals surface area (Å²) in [5.74, 6) is -0.0522. The molecule has 0 N–H and O–H groups in total. The lowest BCUT2D eigenvalue weighted by molar-refractivity contribution is 0.0615. The van der Waals surface area contributed by atoms with Crippen molar-refractivity contribution in [3.8, 4) is 11.3 Å². The van der Waals surface area contributed by atoms with Gasteiger partial charge in [-0.25, -0.2) is 4.39 Å². The van der Waals surface area contributed by atoms with Crippen molar-refractivity contribution >= 4 is 11.7 Å². The fourth-order valence-electron chi connectivity index (χ4n) is 3.32. The lowest BCUT2D eigenvalue weighted by Gasteiger charge is -2.33. The third-order valence-electron chi connectivity index (χ3n) is 4.98. The Kier molecular flexibility index (Phi) is 5.48. The Balaban J connectivity index is 1.32. The van der Waals surface area contributed by atoms with Crippen LogP contribution in [0.2, 0.25) is 0 Å². The van der Waals surface area contributed by atoms with Crippen LogP contribution in [-0.2, 0) is 0 Å². The molecule has 7 heteroatoms. The normalized spacial score (nSPS) is 14.7. The van der Waals surface area contributed by atoms with Gasteiger partial charge < -0.3 is 9.42 Å². The minimum atomic E-state index is -0.364. The van der Waals surface area contributed by atoms with E-state index in [1.165, 1.54) is 24.3 Å². The van der Waals surface area contributed by atoms with E-state index < -0.39 is 0 Å². The van der Waals surface area contributed by atoms with Gasteiger partial charge in [-0.3, -0.25) is 14.5 Å². The summed E-state index contributed by atoms with van der Waals surface area (Å²) < 4.78 is 18.3. The van der Waals surface area contributed by atoms with Crippen LogP contribution in [0, 0.1) is 5.82 Å². The second-order valence-corrected chi connectivity index (χ2v) is 6.94. The Morgan fingerprint density at radius 3 is 2.34 bits per heavy atom. The predicted molar refractivity (Wildman–Crippen MR) is 105 cm³/mol. The predicted octanol–water partition coefficient (Wildman–Crippen LogP) is 3.12. The van der Waals surface area contributed by atoms with Crippen LogP contribution in [0.3, 0.4) is 0 Å². The quantitative estimate of drug-likeness (QED) is 0.623. The van der Waals surface area contributed by atoms with Crippen molar-refractivity contribution < 1.29 is 18.5 Å². The molecule has 1 fully saturated rings.